The Morgan fingerprint density at radius 1 is 1.32 bits per heavy atom. The molecule has 1 aromatic carbocycles. The zero-order chi connectivity index (χ0) is 13.7. The number of pyridine rings is 1. The summed E-state index contributed by atoms with van der Waals surface area (Å²) in [6, 6.07) is 7.29. The van der Waals surface area contributed by atoms with Crippen molar-refractivity contribution in [2.45, 2.75) is 0 Å². The summed E-state index contributed by atoms with van der Waals surface area (Å²) in [5.41, 5.74) is 0. The van der Waals surface area contributed by atoms with E-state index < -0.39 is 0 Å². The third-order valence-corrected chi connectivity index (χ3v) is 3.30. The van der Waals surface area contributed by atoms with Gasteiger partial charge < -0.3 is 14.7 Å². The summed E-state index contributed by atoms with van der Waals surface area (Å²) in [6.45, 7) is 2.25. The lowest BCUT2D eigenvalue weighted by atomic mass is 10.1. The van der Waals surface area contributed by atoms with Crippen molar-refractivity contribution < 1.29 is 9.84 Å². The van der Waals surface area contributed by atoms with Crippen LogP contribution in [0, 0.1) is 0 Å². The topological polar surface area (TPSA) is 45.6 Å². The molecular weight excluding hydrogens is 308 g/mol. The second-order valence-electron chi connectivity index (χ2n) is 4.21. The van der Waals surface area contributed by atoms with E-state index in [1.807, 2.05) is 12.1 Å². The third kappa shape index (κ3) is 3.36. The third-order valence-electron chi connectivity index (χ3n) is 2.95. The Morgan fingerprint density at radius 2 is 2.16 bits per heavy atom. The lowest BCUT2D eigenvalue weighted by Crippen LogP contribution is -2.30. The zero-order valence-corrected chi connectivity index (χ0v) is 12.4. The molecular formula is C14H17BrN2O2. The highest BCUT2D eigenvalue weighted by Gasteiger charge is 2.11. The first kappa shape index (κ1) is 14.1. The van der Waals surface area contributed by atoms with Crippen LogP contribution in [0.25, 0.3) is 10.8 Å². The Balaban J connectivity index is 2.42. The van der Waals surface area contributed by atoms with Crippen molar-refractivity contribution >= 4 is 32.5 Å². The van der Waals surface area contributed by atoms with Gasteiger partial charge in [0.1, 0.15) is 11.6 Å². The average Bonchev–Trinajstić information content (AvgIpc) is 2.43. The molecule has 0 bridgehead atoms. The number of fused-ring (bicyclic) bond motifs is 1. The summed E-state index contributed by atoms with van der Waals surface area (Å²) in [5, 5.41) is 12.5. The van der Waals surface area contributed by atoms with Crippen LogP contribution in [0.4, 0.5) is 5.82 Å². The van der Waals surface area contributed by atoms with Gasteiger partial charge in [0.25, 0.3) is 0 Å². The highest BCUT2D eigenvalue weighted by atomic mass is 79.9. The largest absolute Gasteiger partial charge is 0.508 e. The summed E-state index contributed by atoms with van der Waals surface area (Å²) in [7, 11) is 1.69. The highest BCUT2D eigenvalue weighted by molar-refractivity contribution is 9.09. The number of rotatable bonds is 6. The zero-order valence-electron chi connectivity index (χ0n) is 10.8. The number of aromatic hydroxyl groups is 1. The Bertz CT molecular complexity index is 548. The molecule has 0 saturated heterocycles. The summed E-state index contributed by atoms with van der Waals surface area (Å²) in [5.74, 6) is 1.14. The molecule has 0 unspecified atom stereocenters. The van der Waals surface area contributed by atoms with E-state index in [2.05, 4.69) is 25.8 Å². The standard InChI is InChI=1S/C14H17BrN2O2/c1-19-9-8-17(7-5-15)14-13-10-12(18)3-2-11(13)4-6-16-14/h2-4,6,10,18H,5,7-9H2,1H3. The van der Waals surface area contributed by atoms with Crippen LogP contribution in [0.1, 0.15) is 0 Å². The van der Waals surface area contributed by atoms with Crippen molar-refractivity contribution in [2.75, 3.05) is 37.0 Å². The smallest absolute Gasteiger partial charge is 0.136 e. The highest BCUT2D eigenvalue weighted by Crippen LogP contribution is 2.27. The molecule has 0 aliphatic rings. The maximum Gasteiger partial charge on any atom is 0.136 e. The van der Waals surface area contributed by atoms with Gasteiger partial charge in [-0.05, 0) is 23.6 Å². The number of aromatic nitrogens is 1. The second-order valence-corrected chi connectivity index (χ2v) is 5.00. The van der Waals surface area contributed by atoms with Crippen LogP contribution in [0.2, 0.25) is 0 Å². The molecule has 1 N–H and O–H groups in total. The Morgan fingerprint density at radius 3 is 2.89 bits per heavy atom. The minimum Gasteiger partial charge on any atom is -0.508 e. The lowest BCUT2D eigenvalue weighted by molar-refractivity contribution is 0.205. The van der Waals surface area contributed by atoms with Crippen molar-refractivity contribution in [3.8, 4) is 5.75 Å². The Labute approximate surface area is 121 Å². The fourth-order valence-corrected chi connectivity index (χ4v) is 2.45. The van der Waals surface area contributed by atoms with E-state index in [0.717, 1.165) is 35.0 Å². The molecule has 0 spiro atoms. The number of phenols is 1. The van der Waals surface area contributed by atoms with Crippen LogP contribution >= 0.6 is 15.9 Å². The number of hydrogen-bond acceptors (Lipinski definition) is 4. The molecule has 2 aromatic rings. The molecule has 5 heteroatoms. The first-order chi connectivity index (χ1) is 9.26. The molecule has 2 rings (SSSR count). The van der Waals surface area contributed by atoms with Gasteiger partial charge in [-0.15, -0.1) is 0 Å². The van der Waals surface area contributed by atoms with Gasteiger partial charge in [-0.3, -0.25) is 0 Å². The number of halogens is 1. The molecule has 0 aliphatic carbocycles. The van der Waals surface area contributed by atoms with Gasteiger partial charge in [0.15, 0.2) is 0 Å². The first-order valence-electron chi connectivity index (χ1n) is 6.14. The summed E-state index contributed by atoms with van der Waals surface area (Å²) < 4.78 is 5.14. The first-order valence-corrected chi connectivity index (χ1v) is 7.26. The minimum atomic E-state index is 0.257. The van der Waals surface area contributed by atoms with Gasteiger partial charge >= 0.3 is 0 Å². The summed E-state index contributed by atoms with van der Waals surface area (Å²) in [6.07, 6.45) is 1.79. The van der Waals surface area contributed by atoms with Crippen molar-refractivity contribution in [2.24, 2.45) is 0 Å². The van der Waals surface area contributed by atoms with Gasteiger partial charge in [0, 0.05) is 37.1 Å². The molecule has 102 valence electrons. The van der Waals surface area contributed by atoms with Crippen LogP contribution in [-0.4, -0.2) is 42.2 Å². The number of nitrogens with zero attached hydrogens (tertiary/aromatic N) is 2. The average molecular weight is 325 g/mol. The van der Waals surface area contributed by atoms with E-state index in [4.69, 9.17) is 4.74 Å². The molecule has 0 amide bonds. The molecule has 0 radical (unpaired) electrons. The van der Waals surface area contributed by atoms with Crippen molar-refractivity contribution in [3.05, 3.63) is 30.5 Å². The maximum absolute atomic E-state index is 9.66. The predicted octanol–water partition coefficient (Wildman–Crippen LogP) is 2.79. The van der Waals surface area contributed by atoms with Crippen LogP contribution < -0.4 is 4.90 Å². The molecule has 0 atom stereocenters. The van der Waals surface area contributed by atoms with E-state index in [-0.39, 0.29) is 5.75 Å². The summed E-state index contributed by atoms with van der Waals surface area (Å²) >= 11 is 3.46. The summed E-state index contributed by atoms with van der Waals surface area (Å²) in [4.78, 5) is 6.61. The SMILES string of the molecule is COCCN(CCBr)c1nccc2ccc(O)cc12. The molecule has 19 heavy (non-hydrogen) atoms. The van der Waals surface area contributed by atoms with E-state index in [1.165, 1.54) is 0 Å². The molecule has 0 aliphatic heterocycles. The predicted molar refractivity (Wildman–Crippen MR) is 81.3 cm³/mol. The van der Waals surface area contributed by atoms with E-state index >= 15 is 0 Å². The number of methoxy groups -OCH3 is 1. The second kappa shape index (κ2) is 6.73. The van der Waals surface area contributed by atoms with E-state index in [1.54, 1.807) is 25.4 Å². The minimum absolute atomic E-state index is 0.257. The molecule has 0 fully saturated rings. The number of ether oxygens (including phenoxy) is 1. The van der Waals surface area contributed by atoms with E-state index in [9.17, 15) is 5.11 Å². The van der Waals surface area contributed by atoms with Gasteiger partial charge in [-0.2, -0.15) is 0 Å². The van der Waals surface area contributed by atoms with Gasteiger partial charge in [0.2, 0.25) is 0 Å². The van der Waals surface area contributed by atoms with Crippen LogP contribution in [0.5, 0.6) is 5.75 Å². The van der Waals surface area contributed by atoms with Gasteiger partial charge in [0.05, 0.1) is 6.61 Å². The fourth-order valence-electron chi connectivity index (χ4n) is 2.02. The lowest BCUT2D eigenvalue weighted by Gasteiger charge is -2.23. The van der Waals surface area contributed by atoms with Crippen LogP contribution in [-0.2, 0) is 4.74 Å². The fraction of sp³-hybridized carbons (Fsp3) is 0.357. The van der Waals surface area contributed by atoms with Crippen molar-refractivity contribution in [1.29, 1.82) is 0 Å². The molecule has 0 saturated carbocycles. The van der Waals surface area contributed by atoms with E-state index in [0.29, 0.717) is 6.61 Å². The Kier molecular flexibility index (Phi) is 4.99. The maximum atomic E-state index is 9.66. The molecule has 1 aromatic heterocycles. The van der Waals surface area contributed by atoms with Crippen molar-refractivity contribution in [3.63, 3.8) is 0 Å². The monoisotopic (exact) mass is 324 g/mol. The normalized spacial score (nSPS) is 10.8. The number of hydrogen-bond donors (Lipinski definition) is 1. The quantitative estimate of drug-likeness (QED) is 0.830. The van der Waals surface area contributed by atoms with Gasteiger partial charge in [-0.1, -0.05) is 22.0 Å². The number of anilines is 1. The number of benzene rings is 1. The van der Waals surface area contributed by atoms with Gasteiger partial charge in [-0.25, -0.2) is 4.98 Å². The van der Waals surface area contributed by atoms with Crippen LogP contribution in [0.15, 0.2) is 30.5 Å². The number of phenolic OH excluding ortho intramolecular Hbond substituents is 1. The van der Waals surface area contributed by atoms with Crippen LogP contribution in [0.3, 0.4) is 0 Å². The number of alkyl halides is 1. The molecule has 4 nitrogen and oxygen atoms in total. The van der Waals surface area contributed by atoms with Crippen molar-refractivity contribution in [1.82, 2.24) is 4.98 Å². The Hall–Kier alpha value is -1.33. The molecule has 1 heterocycles.